The Morgan fingerprint density at radius 2 is 0.971 bits per heavy atom. The average molecular weight is 1430 g/mol. The number of carbonyl (C=O) groups is 5. The number of benzene rings is 8. The lowest BCUT2D eigenvalue weighted by atomic mass is 9.87. The second-order valence-corrected chi connectivity index (χ2v) is 31.3. The first-order chi connectivity index (χ1) is 49.5. The van der Waals surface area contributed by atoms with Gasteiger partial charge >= 0.3 is 18.5 Å². The van der Waals surface area contributed by atoms with E-state index in [1.165, 1.54) is 26.0 Å². The lowest BCUT2D eigenvalue weighted by Crippen LogP contribution is -2.26. The van der Waals surface area contributed by atoms with E-state index >= 15 is 0 Å². The Bertz CT molecular complexity index is 5410. The molecule has 0 aliphatic heterocycles. The fourth-order valence-corrected chi connectivity index (χ4v) is 11.9. The minimum absolute atomic E-state index is 0.0735. The first-order valence-electron chi connectivity index (χ1n) is 34.4. The van der Waals surface area contributed by atoms with Gasteiger partial charge in [-0.3, -0.25) is 9.59 Å². The van der Waals surface area contributed by atoms with Crippen molar-refractivity contribution in [2.75, 3.05) is 5.32 Å². The van der Waals surface area contributed by atoms with Gasteiger partial charge in [-0.25, -0.2) is 19.4 Å². The third-order valence-corrected chi connectivity index (χ3v) is 17.5. The number of amides is 1. The van der Waals surface area contributed by atoms with E-state index in [4.69, 9.17) is 33.4 Å². The van der Waals surface area contributed by atoms with Crippen molar-refractivity contribution in [2.24, 2.45) is 0 Å². The van der Waals surface area contributed by atoms with Gasteiger partial charge in [-0.15, -0.1) is 56.3 Å². The molecule has 1 amide bonds. The van der Waals surface area contributed by atoms with Crippen LogP contribution in [0.5, 0.6) is 17.2 Å². The van der Waals surface area contributed by atoms with Gasteiger partial charge in [0.2, 0.25) is 0 Å². The molecule has 0 aliphatic rings. The first-order valence-corrected chi connectivity index (χ1v) is 35.2. The quantitative estimate of drug-likeness (QED) is 0.0516. The van der Waals surface area contributed by atoms with Crippen molar-refractivity contribution in [3.05, 3.63) is 204 Å². The molecule has 0 fully saturated rings. The highest BCUT2D eigenvalue weighted by atomic mass is 32.1. The lowest BCUT2D eigenvalue weighted by molar-refractivity contribution is 0.0192. The maximum absolute atomic E-state index is 12.8. The number of fused-ring (bicyclic) bond motifs is 5. The minimum atomic E-state index is -0.909. The fourth-order valence-electron chi connectivity index (χ4n) is 10.8. The first kappa shape index (κ1) is 74.5. The molecule has 0 aliphatic carbocycles. The van der Waals surface area contributed by atoms with Crippen molar-refractivity contribution in [2.45, 2.75) is 158 Å². The number of para-hydroxylation sites is 3. The van der Waals surface area contributed by atoms with Gasteiger partial charge in [-0.05, 0) is 199 Å². The molecule has 0 saturated heterocycles. The van der Waals surface area contributed by atoms with Gasteiger partial charge < -0.3 is 33.7 Å². The van der Waals surface area contributed by atoms with Gasteiger partial charge in [0, 0.05) is 38.4 Å². The molecule has 8 aromatic carbocycles. The van der Waals surface area contributed by atoms with Crippen LogP contribution in [0.4, 0.5) is 20.1 Å². The number of aromatic nitrogens is 10. The molecule has 105 heavy (non-hydrogen) atoms. The maximum atomic E-state index is 12.8. The fraction of sp³-hybridized carbons (Fsp3) is 0.293. The van der Waals surface area contributed by atoms with Crippen molar-refractivity contribution in [3.8, 4) is 44.9 Å². The van der Waals surface area contributed by atoms with Crippen LogP contribution in [-0.2, 0) is 25.0 Å². The van der Waals surface area contributed by atoms with Crippen LogP contribution < -0.4 is 19.5 Å². The maximum Gasteiger partial charge on any atom is 0.514 e. The van der Waals surface area contributed by atoms with E-state index in [-0.39, 0.29) is 39.5 Å². The Morgan fingerprint density at radius 1 is 0.476 bits per heavy atom. The molecule has 0 bridgehead atoms. The van der Waals surface area contributed by atoms with Crippen LogP contribution >= 0.6 is 11.3 Å². The summed E-state index contributed by atoms with van der Waals surface area (Å²) in [4.78, 5) is 72.1. The van der Waals surface area contributed by atoms with Crippen molar-refractivity contribution < 1.29 is 52.4 Å². The Labute approximate surface area is 612 Å². The van der Waals surface area contributed by atoms with Gasteiger partial charge in [0.1, 0.15) is 67.0 Å². The number of ether oxygens (including phenoxy) is 6. The largest absolute Gasteiger partial charge is 0.514 e. The average Bonchev–Trinajstić information content (AvgIpc) is 1.64. The molecule has 1 atom stereocenters. The van der Waals surface area contributed by atoms with E-state index in [2.05, 4.69) is 91.3 Å². The molecule has 13 rings (SSSR count). The number of carbonyl (C=O) groups excluding carboxylic acids is 5. The summed E-state index contributed by atoms with van der Waals surface area (Å²) < 4.78 is 33.8. The predicted octanol–water partition coefficient (Wildman–Crippen LogP) is 19.8. The summed E-state index contributed by atoms with van der Waals surface area (Å²) in [6.45, 7) is 33.0. The normalized spacial score (nSPS) is 12.2. The molecule has 0 radical (unpaired) electrons. The summed E-state index contributed by atoms with van der Waals surface area (Å²) in [7, 11) is 0. The van der Waals surface area contributed by atoms with Crippen LogP contribution in [0.25, 0.3) is 81.7 Å². The third-order valence-electron chi connectivity index (χ3n) is 16.4. The summed E-state index contributed by atoms with van der Waals surface area (Å²) in [5.41, 5.74) is 9.23. The monoisotopic (exact) mass is 1430 g/mol. The van der Waals surface area contributed by atoms with Crippen molar-refractivity contribution in [3.63, 3.8) is 0 Å². The lowest BCUT2D eigenvalue weighted by Gasteiger charge is -2.19. The van der Waals surface area contributed by atoms with Gasteiger partial charge in [0.05, 0.1) is 16.1 Å². The molecule has 22 nitrogen and oxygen atoms in total. The van der Waals surface area contributed by atoms with Gasteiger partial charge in [-0.1, -0.05) is 128 Å². The molecule has 5 aromatic heterocycles. The molecule has 540 valence electrons. The number of thiophene rings is 1. The molecule has 13 aromatic rings. The minimum Gasteiger partial charge on any atom is -0.428 e. The standard InChI is InChI=1S/C32H36N6O4.C28H30N4O4.C22H19NO3S/c1-30(2,3)20-10-12-22-24(15-20)35-37(33-22)26-17-28(41-29(40)42-32(7,8)9)27(14-19(26)18-39)38-34-23-13-11-21(31(4,5)6)16-25(23)36-38;1-6-18(2)19-11-13-20(14-12-19)26(33)29-21-15-16-22-23(17-21)31-32(30-22)24-9-7-8-10-25(24)35-27(34)36-28(3,4)5;1-22(2,3)26-21(24)25-19-15-9-5-7-11-18(15)27-20(19)17-13-12-14-8-4-6-10-16(14)23-17/h10-18H,1-9H3;7-18H,6H2,1-5H3,(H,29,33);4-13H,1-3H3. The topological polar surface area (TPSA) is 258 Å². The Hall–Kier alpha value is -11.7. The third kappa shape index (κ3) is 18.4. The summed E-state index contributed by atoms with van der Waals surface area (Å²) in [6, 6.07) is 54.5. The smallest absolute Gasteiger partial charge is 0.428 e. The highest BCUT2D eigenvalue weighted by Crippen LogP contribution is 2.45. The molecule has 1 N–H and O–H groups in total. The van der Waals surface area contributed by atoms with Gasteiger partial charge in [0.15, 0.2) is 23.5 Å². The van der Waals surface area contributed by atoms with E-state index in [1.54, 1.807) is 101 Å². The van der Waals surface area contributed by atoms with Crippen LogP contribution in [0.1, 0.15) is 167 Å². The number of aldehydes is 1. The highest BCUT2D eigenvalue weighted by molar-refractivity contribution is 7.22. The molecule has 1 unspecified atom stereocenters. The van der Waals surface area contributed by atoms with E-state index in [1.807, 2.05) is 142 Å². The number of nitrogens with zero attached hydrogens (tertiary/aromatic N) is 10. The predicted molar refractivity (Wildman–Crippen MR) is 409 cm³/mol. The van der Waals surface area contributed by atoms with Crippen LogP contribution in [0.15, 0.2) is 176 Å². The second-order valence-electron chi connectivity index (χ2n) is 30.3. The van der Waals surface area contributed by atoms with E-state index in [0.29, 0.717) is 73.7 Å². The zero-order valence-corrected chi connectivity index (χ0v) is 62.8. The van der Waals surface area contributed by atoms with Crippen LogP contribution in [0.3, 0.4) is 0 Å². The van der Waals surface area contributed by atoms with E-state index < -0.39 is 35.3 Å². The molecule has 23 heteroatoms. The summed E-state index contributed by atoms with van der Waals surface area (Å²) in [5.74, 6) is 1.09. The SMILES string of the molecule is CC(C)(C)OC(=O)Oc1c(-c2ccc3ccccc3n2)sc2ccccc12.CC(C)(C)OC(=O)Oc1cc(-n2nc3ccc(C(C)(C)C)cc3n2)c(C=O)cc1-n1nc2ccc(C(C)(C)C)cc2n1.CCC(C)c1ccc(C(=O)Nc2ccc3nn(-c4ccccc4OC(=O)OC(C)(C)C)nc3c2)cc1. The van der Waals surface area contributed by atoms with Crippen LogP contribution in [-0.4, -0.2) is 97.4 Å². The summed E-state index contributed by atoms with van der Waals surface area (Å²) in [5, 5.41) is 32.4. The Morgan fingerprint density at radius 3 is 1.54 bits per heavy atom. The van der Waals surface area contributed by atoms with Crippen molar-refractivity contribution in [1.82, 2.24) is 50.0 Å². The molecule has 0 spiro atoms. The van der Waals surface area contributed by atoms with E-state index in [0.717, 1.165) is 49.1 Å². The number of hydrogen-bond donors (Lipinski definition) is 1. The molecule has 5 heterocycles. The van der Waals surface area contributed by atoms with Gasteiger partial charge in [0.25, 0.3) is 5.91 Å². The Kier molecular flexibility index (Phi) is 21.2. The van der Waals surface area contributed by atoms with Gasteiger partial charge in [-0.2, -0.15) is 0 Å². The van der Waals surface area contributed by atoms with Crippen LogP contribution in [0.2, 0.25) is 0 Å². The highest BCUT2D eigenvalue weighted by Gasteiger charge is 2.28. The summed E-state index contributed by atoms with van der Waals surface area (Å²) in [6.07, 6.45) is -0.689. The summed E-state index contributed by atoms with van der Waals surface area (Å²) >= 11 is 1.55. The molecular weight excluding hydrogens is 1350 g/mol. The zero-order valence-electron chi connectivity index (χ0n) is 62.0. The Balaban J connectivity index is 0.000000161. The number of nitrogens with one attached hydrogen (secondary N) is 1. The zero-order chi connectivity index (χ0) is 75.5. The number of rotatable bonds is 12. The number of anilines is 1. The molecule has 0 saturated carbocycles. The number of pyridine rings is 1. The van der Waals surface area contributed by atoms with E-state index in [9.17, 15) is 24.0 Å². The van der Waals surface area contributed by atoms with Crippen molar-refractivity contribution in [1.29, 1.82) is 0 Å². The van der Waals surface area contributed by atoms with Crippen molar-refractivity contribution >= 4 is 102 Å². The molecular formula is C82H85N11O11S. The number of hydrogen-bond acceptors (Lipinski definition) is 19. The van der Waals surface area contributed by atoms with Crippen LogP contribution in [0, 0.1) is 0 Å². The second kappa shape index (κ2) is 29.9.